The number of phenolic OH excluding ortho intramolecular Hbond substituents is 2. The number of nitrogens with two attached hydrogens (primary N) is 1. The number of ether oxygens (including phenoxy) is 2. The van der Waals surface area contributed by atoms with Crippen LogP contribution in [0.4, 0.5) is 0 Å². The molecule has 4 aliphatic rings. The number of guanidine groups is 1. The number of carboxylic acids is 3. The molecule has 6 amide bonds. The fourth-order valence-corrected chi connectivity index (χ4v) is 16.0. The maximum absolute atomic E-state index is 14.3. The normalized spacial score (nSPS) is 20.2. The van der Waals surface area contributed by atoms with Crippen molar-refractivity contribution in [2.75, 3.05) is 42.6 Å². The minimum Gasteiger partial charge on any atom is -0.508 e. The molecule has 0 saturated carbocycles. The zero-order valence-electron chi connectivity index (χ0n) is 56.0. The summed E-state index contributed by atoms with van der Waals surface area (Å²) in [4.78, 5) is 202. The molecule has 2 saturated heterocycles. The summed E-state index contributed by atoms with van der Waals surface area (Å²) in [6.07, 6.45) is -4.70. The Kier molecular flexibility index (Phi) is 28.4. The Morgan fingerprint density at radius 1 is 0.625 bits per heavy atom. The summed E-state index contributed by atoms with van der Waals surface area (Å²) < 4.78 is 12.1. The van der Waals surface area contributed by atoms with Crippen molar-refractivity contribution in [2.45, 2.75) is 120 Å². The van der Waals surface area contributed by atoms with Crippen molar-refractivity contribution in [3.05, 3.63) is 118 Å². The van der Waals surface area contributed by atoms with E-state index in [-0.39, 0.29) is 122 Å². The standard InChI is InChI=1S/C70H79N9O22S3/c71-69(72)74-20-6-10-49(53(83)17-18-59(87)76-51(29-60(88)89)55(85)26-41-34-104-103-33-40(64(95)75-31-62(92)93)25-54(84)50(78-67(41)98)21-36-7-2-1-3-8-36)77-66(97)39-24-56(86)52(30-61(90)91)79-65(96)37(22-44(82)35-102-32-39)9-4-5-19-73-63(94)38-11-14-45-48(23-38)70(101-68(45)99)46-15-12-42(80)27-57(46)100-58-28-43(81)13-16-47(58)70/h1-3,7-8,11-16,23,27-28,37,39-41,49-52,80-81H,4-6,9-10,17-22,24-26,29-35H2,(H,73,94)(H,75,95)(H,76,87)(H,77,97)(H,78,98)(H,79,96)(H,88,89)(H,90,91)(H,92,93)(H4,71,72,74)/t37-,39+,40+,41+,49+,50+,51+,52+/m1/s1. The third kappa shape index (κ3) is 21.9. The summed E-state index contributed by atoms with van der Waals surface area (Å²) in [5, 5.41) is 74.9. The van der Waals surface area contributed by atoms with Crippen LogP contribution in [-0.4, -0.2) is 187 Å². The van der Waals surface area contributed by atoms with Gasteiger partial charge in [0, 0.05) is 109 Å². The second-order valence-corrected chi connectivity index (χ2v) is 29.0. The Bertz CT molecular complexity index is 3960. The molecular formula is C70H79N9O22S3. The second kappa shape index (κ2) is 37.2. The van der Waals surface area contributed by atoms with E-state index in [0.717, 1.165) is 33.3 Å². The minimum absolute atomic E-state index is 0.00381. The average molecular weight is 1490 g/mol. The minimum atomic E-state index is -1.74. The van der Waals surface area contributed by atoms with Gasteiger partial charge in [0.05, 0.1) is 66.1 Å². The Labute approximate surface area is 607 Å². The number of carboxylic acid groups (broad SMARTS) is 3. The third-order valence-electron chi connectivity index (χ3n) is 17.7. The van der Waals surface area contributed by atoms with E-state index in [2.05, 4.69) is 37.2 Å². The predicted octanol–water partition coefficient (Wildman–Crippen LogP) is 2.95. The third-order valence-corrected chi connectivity index (χ3v) is 21.4. The Hall–Kier alpha value is -10.4. The number of esters is 1. The van der Waals surface area contributed by atoms with Crippen LogP contribution < -0.4 is 47.7 Å². The molecule has 0 aromatic heterocycles. The lowest BCUT2D eigenvalue weighted by Crippen LogP contribution is -2.49. The topological polar surface area (TPSA) is 510 Å². The number of carbonyl (C=O) groups excluding carboxylic acids is 12. The molecule has 34 heteroatoms. The summed E-state index contributed by atoms with van der Waals surface area (Å²) in [6.45, 7) is -0.611. The lowest BCUT2D eigenvalue weighted by molar-refractivity contribution is -0.141. The van der Waals surface area contributed by atoms with Gasteiger partial charge in [-0.05, 0) is 80.1 Å². The molecule has 0 aliphatic carbocycles. The SMILES string of the molecule is N=C(N)NCCC[C@H](NC(=O)[C@@H]1CSCC(=O)C[C@@H](CCCCNC(=O)c2ccc3c(c2)C2(OC3=O)c3ccc(O)cc3Oc3cc(O)ccc32)C(=O)N[C@@H](CC(=O)O)C(=O)C1)C(=O)CCC(=O)N[C@@H](CC(=O)O)C(=O)C[C@H]1CSSC[C@@H](C(=O)NCC(=O)O)CC(=O)[C@H](Cc2ccccc2)NC1=O. The van der Waals surface area contributed by atoms with Crippen molar-refractivity contribution in [3.8, 4) is 23.0 Å². The molecule has 2 fully saturated rings. The number of phenols is 2. The van der Waals surface area contributed by atoms with Gasteiger partial charge < -0.3 is 78.0 Å². The fourth-order valence-electron chi connectivity index (χ4n) is 12.4. The van der Waals surface area contributed by atoms with Crippen molar-refractivity contribution >= 4 is 128 Å². The van der Waals surface area contributed by atoms with Gasteiger partial charge in [0.2, 0.25) is 29.5 Å². The number of amides is 6. The van der Waals surface area contributed by atoms with Crippen LogP contribution in [-0.2, 0) is 79.1 Å². The van der Waals surface area contributed by atoms with E-state index in [0.29, 0.717) is 22.3 Å². The van der Waals surface area contributed by atoms with E-state index in [1.807, 2.05) is 0 Å². The highest BCUT2D eigenvalue weighted by Crippen LogP contribution is 2.57. The van der Waals surface area contributed by atoms with Gasteiger partial charge in [0.25, 0.3) is 5.91 Å². The van der Waals surface area contributed by atoms with Crippen molar-refractivity contribution in [2.24, 2.45) is 29.4 Å². The van der Waals surface area contributed by atoms with Gasteiger partial charge in [-0.2, -0.15) is 11.8 Å². The molecule has 4 aliphatic heterocycles. The summed E-state index contributed by atoms with van der Waals surface area (Å²) in [5.74, 6) is -18.8. The molecule has 0 unspecified atom stereocenters. The van der Waals surface area contributed by atoms with Crippen LogP contribution in [0, 0.1) is 29.1 Å². The quantitative estimate of drug-likeness (QED) is 0.0122. The van der Waals surface area contributed by atoms with Gasteiger partial charge in [-0.25, -0.2) is 4.79 Å². The largest absolute Gasteiger partial charge is 0.508 e. The number of thioether (sulfide) groups is 1. The van der Waals surface area contributed by atoms with Gasteiger partial charge in [0.1, 0.15) is 35.3 Å². The summed E-state index contributed by atoms with van der Waals surface area (Å²) in [7, 11) is 2.15. The first-order valence-electron chi connectivity index (χ1n) is 33.3. The van der Waals surface area contributed by atoms with Crippen molar-refractivity contribution < 1.29 is 107 Å². The van der Waals surface area contributed by atoms with Gasteiger partial charge in [-0.15, -0.1) is 0 Å². The van der Waals surface area contributed by atoms with Crippen LogP contribution in [0.5, 0.6) is 23.0 Å². The lowest BCUT2D eigenvalue weighted by Gasteiger charge is -2.36. The molecule has 15 N–H and O–H groups in total. The lowest BCUT2D eigenvalue weighted by atomic mass is 9.77. The Balaban J connectivity index is 0.872. The molecular weight excluding hydrogens is 1420 g/mol. The smallest absolute Gasteiger partial charge is 0.340 e. The summed E-state index contributed by atoms with van der Waals surface area (Å²) >= 11 is 0.948. The number of benzene rings is 4. The Morgan fingerprint density at radius 3 is 1.93 bits per heavy atom. The van der Waals surface area contributed by atoms with Crippen LogP contribution in [0.1, 0.15) is 126 Å². The van der Waals surface area contributed by atoms with E-state index in [1.165, 1.54) is 54.6 Å². The number of aromatic hydroxyl groups is 2. The van der Waals surface area contributed by atoms with E-state index in [9.17, 15) is 92.3 Å². The maximum Gasteiger partial charge on any atom is 0.340 e. The van der Waals surface area contributed by atoms with Crippen LogP contribution in [0.25, 0.3) is 0 Å². The molecule has 4 heterocycles. The number of Topliss-reactive ketones (excluding diaryl/α,β-unsaturated/α-hetero) is 5. The molecule has 554 valence electrons. The molecule has 0 bridgehead atoms. The van der Waals surface area contributed by atoms with Gasteiger partial charge >= 0.3 is 23.9 Å². The maximum atomic E-state index is 14.3. The highest BCUT2D eigenvalue weighted by molar-refractivity contribution is 8.76. The van der Waals surface area contributed by atoms with Crippen molar-refractivity contribution in [1.82, 2.24) is 37.2 Å². The molecule has 8 rings (SSSR count). The first-order valence-corrected chi connectivity index (χ1v) is 36.9. The van der Waals surface area contributed by atoms with Crippen molar-refractivity contribution in [1.29, 1.82) is 5.41 Å². The van der Waals surface area contributed by atoms with E-state index >= 15 is 0 Å². The fraction of sp³-hybridized carbons (Fsp3) is 0.429. The van der Waals surface area contributed by atoms with E-state index in [1.54, 1.807) is 30.3 Å². The number of hydrogen-bond donors (Lipinski definition) is 14. The zero-order chi connectivity index (χ0) is 75.4. The molecule has 4 aromatic carbocycles. The van der Waals surface area contributed by atoms with Gasteiger partial charge in [0.15, 0.2) is 34.7 Å². The molecule has 0 radical (unpaired) electrons. The zero-order valence-corrected chi connectivity index (χ0v) is 58.5. The first-order chi connectivity index (χ1) is 49.6. The van der Waals surface area contributed by atoms with E-state index in [4.69, 9.17) is 25.7 Å². The number of ketones is 5. The molecule has 31 nitrogen and oxygen atoms in total. The molecule has 1 spiro atoms. The summed E-state index contributed by atoms with van der Waals surface area (Å²) in [5.41, 5.74) is 5.74. The van der Waals surface area contributed by atoms with Crippen LogP contribution in [0.2, 0.25) is 0 Å². The number of carbonyl (C=O) groups is 15. The van der Waals surface area contributed by atoms with Gasteiger partial charge in [-0.1, -0.05) is 58.3 Å². The molecule has 104 heavy (non-hydrogen) atoms. The number of hydrogen-bond acceptors (Lipinski definition) is 23. The van der Waals surface area contributed by atoms with E-state index < -0.39 is 193 Å². The van der Waals surface area contributed by atoms with Gasteiger partial charge in [-0.3, -0.25) is 72.5 Å². The average Bonchev–Trinajstić information content (AvgIpc) is 1.49. The first kappa shape index (κ1) is 79.4. The predicted molar refractivity (Wildman–Crippen MR) is 375 cm³/mol. The monoisotopic (exact) mass is 1490 g/mol. The van der Waals surface area contributed by atoms with Crippen LogP contribution >= 0.6 is 33.3 Å². The Morgan fingerprint density at radius 2 is 1.27 bits per heavy atom. The highest BCUT2D eigenvalue weighted by Gasteiger charge is 2.54. The number of unbranched alkanes of at least 4 members (excludes halogenated alkanes) is 1. The highest BCUT2D eigenvalue weighted by atomic mass is 33.1. The van der Waals surface area contributed by atoms with Crippen LogP contribution in [0.15, 0.2) is 84.9 Å². The second-order valence-electron chi connectivity index (χ2n) is 25.4. The van der Waals surface area contributed by atoms with Crippen LogP contribution in [0.3, 0.4) is 0 Å². The number of rotatable bonds is 29. The number of fused-ring (bicyclic) bond motifs is 6. The summed E-state index contributed by atoms with van der Waals surface area (Å²) in [6, 6.07) is 15.4. The number of aliphatic carboxylic acids is 3. The molecule has 8 atom stereocenters. The number of nitrogens with one attached hydrogen (secondary N) is 8. The molecule has 4 aromatic rings. The van der Waals surface area contributed by atoms with Crippen molar-refractivity contribution in [3.63, 3.8) is 0 Å².